The van der Waals surface area contributed by atoms with Crippen molar-refractivity contribution in [1.82, 2.24) is 0 Å². The lowest BCUT2D eigenvalue weighted by atomic mass is 10.0. The lowest BCUT2D eigenvalue weighted by Gasteiger charge is -2.39. The molecular formula is C9H12O11. The van der Waals surface area contributed by atoms with Crippen LogP contribution in [0.2, 0.25) is 0 Å². The van der Waals surface area contributed by atoms with E-state index in [1.807, 2.05) is 0 Å². The molecule has 0 radical (unpaired) electrons. The van der Waals surface area contributed by atoms with Crippen molar-refractivity contribution in [3.63, 3.8) is 0 Å². The number of aliphatic hydroxyl groups excluding tert-OH is 3. The van der Waals surface area contributed by atoms with Crippen LogP contribution in [0, 0.1) is 0 Å². The molecule has 1 rings (SSSR count). The number of aliphatic hydroxyl groups is 3. The molecule has 1 fully saturated rings. The monoisotopic (exact) mass is 296 g/mol. The standard InChI is InChI=1S/C9H12O11/c10-1-18-8-3(12)2(11)4(13)9(20-8)19-5(6(14)15)7(16)17/h1-5,8-9,11-13H,(H,14,15)(H,16,17). The molecule has 0 saturated carbocycles. The largest absolute Gasteiger partial charge is 0.479 e. The Morgan fingerprint density at radius 3 is 1.95 bits per heavy atom. The highest BCUT2D eigenvalue weighted by Gasteiger charge is 2.47. The minimum atomic E-state index is -2.38. The molecule has 1 aliphatic heterocycles. The van der Waals surface area contributed by atoms with Gasteiger partial charge in [-0.25, -0.2) is 9.59 Å². The summed E-state index contributed by atoms with van der Waals surface area (Å²) in [5.41, 5.74) is 0. The van der Waals surface area contributed by atoms with Crippen LogP contribution in [-0.4, -0.2) is 80.9 Å². The molecule has 0 aromatic heterocycles. The average Bonchev–Trinajstić information content (AvgIpc) is 2.37. The number of carbonyl (C=O) groups excluding carboxylic acids is 1. The number of carboxylic acid groups (broad SMARTS) is 2. The van der Waals surface area contributed by atoms with Crippen molar-refractivity contribution in [1.29, 1.82) is 0 Å². The van der Waals surface area contributed by atoms with Crippen LogP contribution in [0.1, 0.15) is 0 Å². The molecule has 1 heterocycles. The van der Waals surface area contributed by atoms with Crippen molar-refractivity contribution in [3.05, 3.63) is 0 Å². The third-order valence-electron chi connectivity index (χ3n) is 2.43. The first-order valence-electron chi connectivity index (χ1n) is 5.19. The summed E-state index contributed by atoms with van der Waals surface area (Å²) in [7, 11) is 0. The summed E-state index contributed by atoms with van der Waals surface area (Å²) in [5.74, 6) is -3.75. The van der Waals surface area contributed by atoms with Crippen LogP contribution in [-0.2, 0) is 28.6 Å². The Hall–Kier alpha value is -1.79. The van der Waals surface area contributed by atoms with Crippen molar-refractivity contribution >= 4 is 18.4 Å². The molecule has 114 valence electrons. The molecule has 5 N–H and O–H groups in total. The van der Waals surface area contributed by atoms with Gasteiger partial charge in [-0.1, -0.05) is 0 Å². The van der Waals surface area contributed by atoms with Gasteiger partial charge in [-0.15, -0.1) is 0 Å². The topological polar surface area (TPSA) is 180 Å². The number of hydrogen-bond donors (Lipinski definition) is 5. The quantitative estimate of drug-likeness (QED) is 0.242. The van der Waals surface area contributed by atoms with E-state index in [2.05, 4.69) is 9.47 Å². The number of carboxylic acids is 2. The fourth-order valence-corrected chi connectivity index (χ4v) is 1.45. The molecule has 5 unspecified atom stereocenters. The fraction of sp³-hybridized carbons (Fsp3) is 0.667. The van der Waals surface area contributed by atoms with Gasteiger partial charge in [0.1, 0.15) is 18.3 Å². The zero-order valence-electron chi connectivity index (χ0n) is 9.73. The third kappa shape index (κ3) is 3.40. The van der Waals surface area contributed by atoms with E-state index in [0.717, 1.165) is 0 Å². The minimum Gasteiger partial charge on any atom is -0.479 e. The average molecular weight is 296 g/mol. The molecule has 0 bridgehead atoms. The fourth-order valence-electron chi connectivity index (χ4n) is 1.45. The Kier molecular flexibility index (Phi) is 5.35. The maximum atomic E-state index is 10.6. The van der Waals surface area contributed by atoms with Gasteiger partial charge >= 0.3 is 11.9 Å². The molecule has 5 atom stereocenters. The van der Waals surface area contributed by atoms with Gasteiger partial charge in [0.15, 0.2) is 6.29 Å². The van der Waals surface area contributed by atoms with Crippen LogP contribution in [0.4, 0.5) is 0 Å². The SMILES string of the molecule is O=COC1OC(OC(C(=O)O)C(=O)O)C(O)C(O)C1O. The maximum Gasteiger partial charge on any atom is 0.344 e. The number of rotatable bonds is 6. The van der Waals surface area contributed by atoms with Crippen LogP contribution in [0.15, 0.2) is 0 Å². The predicted molar refractivity (Wildman–Crippen MR) is 54.0 cm³/mol. The van der Waals surface area contributed by atoms with Gasteiger partial charge in [-0.05, 0) is 0 Å². The van der Waals surface area contributed by atoms with Gasteiger partial charge in [0.05, 0.1) is 0 Å². The van der Waals surface area contributed by atoms with Crippen LogP contribution < -0.4 is 0 Å². The first-order valence-corrected chi connectivity index (χ1v) is 5.19. The van der Waals surface area contributed by atoms with E-state index in [1.54, 1.807) is 0 Å². The van der Waals surface area contributed by atoms with Gasteiger partial charge in [-0.2, -0.15) is 0 Å². The molecule has 0 spiro atoms. The summed E-state index contributed by atoms with van der Waals surface area (Å²) in [6.07, 6.45) is -11.7. The molecule has 0 amide bonds. The van der Waals surface area contributed by atoms with Crippen LogP contribution in [0.5, 0.6) is 0 Å². The highest BCUT2D eigenvalue weighted by Crippen LogP contribution is 2.23. The van der Waals surface area contributed by atoms with Gasteiger partial charge in [0, 0.05) is 0 Å². The minimum absolute atomic E-state index is 0.124. The molecule has 1 aliphatic rings. The molecule has 0 aromatic carbocycles. The highest BCUT2D eigenvalue weighted by atomic mass is 16.8. The van der Waals surface area contributed by atoms with E-state index in [9.17, 15) is 29.7 Å². The van der Waals surface area contributed by atoms with Gasteiger partial charge < -0.3 is 39.7 Å². The van der Waals surface area contributed by atoms with E-state index in [-0.39, 0.29) is 6.47 Å². The maximum absolute atomic E-state index is 10.6. The Morgan fingerprint density at radius 2 is 1.50 bits per heavy atom. The van der Waals surface area contributed by atoms with Crippen molar-refractivity contribution in [2.45, 2.75) is 37.0 Å². The molecular weight excluding hydrogens is 284 g/mol. The third-order valence-corrected chi connectivity index (χ3v) is 2.43. The Labute approximate surface area is 110 Å². The van der Waals surface area contributed by atoms with Crippen molar-refractivity contribution < 1.29 is 54.1 Å². The van der Waals surface area contributed by atoms with E-state index < -0.39 is 48.9 Å². The molecule has 11 heteroatoms. The first-order chi connectivity index (χ1) is 9.29. The summed E-state index contributed by atoms with van der Waals surface area (Å²) in [4.78, 5) is 31.4. The molecule has 0 aliphatic carbocycles. The van der Waals surface area contributed by atoms with Crippen LogP contribution >= 0.6 is 0 Å². The molecule has 1 saturated heterocycles. The second-order valence-electron chi connectivity index (χ2n) is 3.77. The second-order valence-corrected chi connectivity index (χ2v) is 3.77. The van der Waals surface area contributed by atoms with Gasteiger partial charge in [-0.3, -0.25) is 4.79 Å². The number of carbonyl (C=O) groups is 3. The Morgan fingerprint density at radius 1 is 1.00 bits per heavy atom. The summed E-state index contributed by atoms with van der Waals surface area (Å²) in [6, 6.07) is 0. The Bertz CT molecular complexity index is 368. The van der Waals surface area contributed by atoms with Gasteiger partial charge in [0.25, 0.3) is 12.6 Å². The summed E-state index contributed by atoms with van der Waals surface area (Å²) in [5, 5.41) is 45.6. The summed E-state index contributed by atoms with van der Waals surface area (Å²) >= 11 is 0. The smallest absolute Gasteiger partial charge is 0.344 e. The molecule has 20 heavy (non-hydrogen) atoms. The molecule has 0 aromatic rings. The van der Waals surface area contributed by atoms with Crippen LogP contribution in [0.3, 0.4) is 0 Å². The van der Waals surface area contributed by atoms with Crippen molar-refractivity contribution in [2.75, 3.05) is 0 Å². The molecule has 11 nitrogen and oxygen atoms in total. The highest BCUT2D eigenvalue weighted by molar-refractivity contribution is 5.96. The normalized spacial score (nSPS) is 33.7. The van der Waals surface area contributed by atoms with E-state index in [1.165, 1.54) is 0 Å². The lowest BCUT2D eigenvalue weighted by Crippen LogP contribution is -2.60. The zero-order chi connectivity index (χ0) is 15.4. The van der Waals surface area contributed by atoms with Gasteiger partial charge in [0.2, 0.25) is 6.29 Å². The lowest BCUT2D eigenvalue weighted by molar-refractivity contribution is -0.344. The van der Waals surface area contributed by atoms with E-state index >= 15 is 0 Å². The van der Waals surface area contributed by atoms with E-state index in [4.69, 9.17) is 14.9 Å². The predicted octanol–water partition coefficient (Wildman–Crippen LogP) is -3.52. The van der Waals surface area contributed by atoms with E-state index in [0.29, 0.717) is 0 Å². The number of hydrogen-bond acceptors (Lipinski definition) is 9. The zero-order valence-corrected chi connectivity index (χ0v) is 9.73. The van der Waals surface area contributed by atoms with Crippen molar-refractivity contribution in [3.8, 4) is 0 Å². The first kappa shape index (κ1) is 16.3. The summed E-state index contributed by atoms with van der Waals surface area (Å²) in [6.45, 7) is -0.124. The number of ether oxygens (including phenoxy) is 3. The second kappa shape index (κ2) is 6.58. The van der Waals surface area contributed by atoms with Crippen molar-refractivity contribution in [2.24, 2.45) is 0 Å². The van der Waals surface area contributed by atoms with Crippen LogP contribution in [0.25, 0.3) is 0 Å². The summed E-state index contributed by atoms with van der Waals surface area (Å²) < 4.78 is 13.4. The number of aliphatic carboxylic acids is 2. The Balaban J connectivity index is 2.84.